The first kappa shape index (κ1) is 46.5. The third kappa shape index (κ3) is 11.3. The van der Waals surface area contributed by atoms with Crippen LogP contribution in [0.2, 0.25) is 0 Å². The van der Waals surface area contributed by atoms with Crippen LogP contribution in [0.5, 0.6) is 11.5 Å². The summed E-state index contributed by atoms with van der Waals surface area (Å²) in [7, 11) is 1.56. The fourth-order valence-corrected chi connectivity index (χ4v) is 9.10. The van der Waals surface area contributed by atoms with Gasteiger partial charge in [0.25, 0.3) is 8.53 Å². The average Bonchev–Trinajstić information content (AvgIpc) is 3.30. The summed E-state index contributed by atoms with van der Waals surface area (Å²) in [5, 5.41) is 23.7. The van der Waals surface area contributed by atoms with Gasteiger partial charge in [0.1, 0.15) is 17.1 Å². The molecule has 11 nitrogen and oxygen atoms in total. The van der Waals surface area contributed by atoms with Crippen molar-refractivity contribution in [1.82, 2.24) is 4.67 Å². The summed E-state index contributed by atoms with van der Waals surface area (Å²) in [5.41, 5.74) is 1.79. The van der Waals surface area contributed by atoms with E-state index in [-0.39, 0.29) is 44.2 Å². The number of azo groups is 1. The van der Waals surface area contributed by atoms with Crippen molar-refractivity contribution in [3.05, 3.63) is 162 Å². The Morgan fingerprint density at radius 2 is 1.30 bits per heavy atom. The van der Waals surface area contributed by atoms with Gasteiger partial charge in [0, 0.05) is 23.2 Å². The molecule has 0 heterocycles. The van der Waals surface area contributed by atoms with E-state index in [0.717, 1.165) is 33.2 Å². The van der Waals surface area contributed by atoms with Gasteiger partial charge in [0.2, 0.25) is 5.91 Å². The highest BCUT2D eigenvalue weighted by Crippen LogP contribution is 2.48. The number of methoxy groups -OCH3 is 2. The van der Waals surface area contributed by atoms with Crippen LogP contribution < -0.4 is 14.8 Å². The summed E-state index contributed by atoms with van der Waals surface area (Å²) in [6, 6.07) is 48.9. The van der Waals surface area contributed by atoms with Crippen LogP contribution in [0.1, 0.15) is 57.7 Å². The first-order valence-corrected chi connectivity index (χ1v) is 22.1. The van der Waals surface area contributed by atoms with E-state index >= 15 is 4.79 Å². The lowest BCUT2D eigenvalue weighted by Gasteiger charge is -2.40. The van der Waals surface area contributed by atoms with Gasteiger partial charge in [-0.3, -0.25) is 4.79 Å². The highest BCUT2D eigenvalue weighted by molar-refractivity contribution is 7.44. The highest BCUT2D eigenvalue weighted by atomic mass is 31.2. The minimum Gasteiger partial charge on any atom is -0.497 e. The zero-order valence-corrected chi connectivity index (χ0v) is 37.9. The van der Waals surface area contributed by atoms with E-state index in [0.29, 0.717) is 22.9 Å². The zero-order valence-electron chi connectivity index (χ0n) is 37.0. The average molecular weight is 866 g/mol. The molecule has 6 rings (SSSR count). The van der Waals surface area contributed by atoms with Gasteiger partial charge in [0.05, 0.1) is 63.3 Å². The van der Waals surface area contributed by atoms with Crippen LogP contribution in [0, 0.1) is 16.7 Å². The molecule has 6 aromatic rings. The van der Waals surface area contributed by atoms with Crippen molar-refractivity contribution in [3.63, 3.8) is 0 Å². The number of carbonyl (C=O) groups is 1. The van der Waals surface area contributed by atoms with Crippen LogP contribution >= 0.6 is 8.53 Å². The number of carbonyl (C=O) groups excluding carboxylic acids is 1. The maximum Gasteiger partial charge on any atom is 0.259 e. The molecular formula is C51H56N5O6P. The first-order chi connectivity index (χ1) is 30.5. The second-order valence-electron chi connectivity index (χ2n) is 15.9. The SMILES string of the molecule is COc1ccc(C(OCC(C)(COP(OCCC#N)N(C(C)C)C(C)C)C(=O)Nc2cccc(N=Nc3cccc4ccccc34)c2)(c2ccccc2)c2ccc(OC)cc2)cc1. The van der Waals surface area contributed by atoms with E-state index in [9.17, 15) is 5.26 Å². The van der Waals surface area contributed by atoms with Gasteiger partial charge in [-0.25, -0.2) is 4.67 Å². The second kappa shape index (κ2) is 21.9. The summed E-state index contributed by atoms with van der Waals surface area (Å²) in [6.07, 6.45) is 0.199. The molecule has 2 atom stereocenters. The minimum absolute atomic E-state index is 0.0520. The number of nitrogens with one attached hydrogen (secondary N) is 1. The predicted molar refractivity (Wildman–Crippen MR) is 251 cm³/mol. The van der Waals surface area contributed by atoms with Gasteiger partial charge in [-0.2, -0.15) is 10.4 Å². The van der Waals surface area contributed by atoms with Crippen LogP contribution in [-0.4, -0.2) is 56.7 Å². The van der Waals surface area contributed by atoms with Gasteiger partial charge in [-0.05, 0) is 105 Å². The van der Waals surface area contributed by atoms with Crippen LogP contribution in [0.25, 0.3) is 10.8 Å². The molecule has 0 bridgehead atoms. The van der Waals surface area contributed by atoms with Crippen molar-refractivity contribution in [1.29, 1.82) is 5.26 Å². The van der Waals surface area contributed by atoms with E-state index in [1.807, 2.05) is 146 Å². The molecule has 0 aliphatic heterocycles. The zero-order chi connectivity index (χ0) is 44.8. The lowest BCUT2D eigenvalue weighted by molar-refractivity contribution is -0.134. The Bertz CT molecular complexity index is 2420. The normalized spacial score (nSPS) is 13.3. The molecular weight excluding hydrogens is 810 g/mol. The quantitative estimate of drug-likeness (QED) is 0.0328. The van der Waals surface area contributed by atoms with Crippen LogP contribution in [0.3, 0.4) is 0 Å². The number of nitrogens with zero attached hydrogens (tertiary/aromatic N) is 4. The Morgan fingerprint density at radius 3 is 1.92 bits per heavy atom. The maximum atomic E-state index is 15.0. The van der Waals surface area contributed by atoms with Gasteiger partial charge in [-0.1, -0.05) is 97.1 Å². The Morgan fingerprint density at radius 1 is 0.714 bits per heavy atom. The van der Waals surface area contributed by atoms with Crippen molar-refractivity contribution in [2.45, 2.75) is 58.7 Å². The molecule has 1 amide bonds. The lowest BCUT2D eigenvalue weighted by Crippen LogP contribution is -2.45. The number of rotatable bonds is 21. The van der Waals surface area contributed by atoms with Gasteiger partial charge in [-0.15, -0.1) is 5.11 Å². The molecule has 0 aliphatic carbocycles. The van der Waals surface area contributed by atoms with Gasteiger partial charge >= 0.3 is 0 Å². The minimum atomic E-state index is -1.70. The van der Waals surface area contributed by atoms with E-state index in [4.69, 9.17) is 23.3 Å². The standard InChI is InChI=1S/C51H56N5O6P/c1-37(2)56(38(3)4)63(61-33-15-32-52)62-36-50(5,49(57)53-43-20-14-21-44(34-43)54-55-48-23-13-17-39-16-11-12-22-47(39)48)35-60-51(40-18-9-8-10-19-40,41-24-28-45(58-6)29-25-41)42-26-30-46(59-7)31-27-42/h8-14,16-31,34,37-38H,15,33,35-36H2,1-7H3,(H,53,57). The lowest BCUT2D eigenvalue weighted by atomic mass is 9.79. The molecule has 0 spiro atoms. The summed E-state index contributed by atoms with van der Waals surface area (Å²) in [5.74, 6) is 1.04. The van der Waals surface area contributed by atoms with E-state index in [2.05, 4.69) is 54.0 Å². The molecule has 2 unspecified atom stereocenters. The molecule has 0 saturated heterocycles. The van der Waals surface area contributed by atoms with E-state index < -0.39 is 19.5 Å². The number of fused-ring (bicyclic) bond motifs is 1. The maximum absolute atomic E-state index is 15.0. The summed E-state index contributed by atoms with van der Waals surface area (Å²) >= 11 is 0. The van der Waals surface area contributed by atoms with E-state index in [1.165, 1.54) is 0 Å². The van der Waals surface area contributed by atoms with Crippen LogP contribution in [-0.2, 0) is 24.2 Å². The van der Waals surface area contributed by atoms with Crippen molar-refractivity contribution in [2.24, 2.45) is 15.6 Å². The Balaban J connectivity index is 1.40. The molecule has 0 fully saturated rings. The number of hydrogen-bond donors (Lipinski definition) is 1. The van der Waals surface area contributed by atoms with Crippen LogP contribution in [0.15, 0.2) is 156 Å². The molecule has 326 valence electrons. The molecule has 0 radical (unpaired) electrons. The number of hydrogen-bond acceptors (Lipinski definition) is 10. The number of nitriles is 1. The van der Waals surface area contributed by atoms with Crippen molar-refractivity contribution in [2.75, 3.05) is 39.4 Å². The third-order valence-corrected chi connectivity index (χ3v) is 12.7. The largest absolute Gasteiger partial charge is 0.497 e. The fraction of sp³-hybridized carbons (Fsp3) is 0.294. The number of amides is 1. The topological polar surface area (TPSA) is 127 Å². The first-order valence-electron chi connectivity index (χ1n) is 21.0. The number of anilines is 1. The fourth-order valence-electron chi connectivity index (χ4n) is 7.36. The monoisotopic (exact) mass is 865 g/mol. The molecule has 12 heteroatoms. The van der Waals surface area contributed by atoms with E-state index in [1.54, 1.807) is 20.3 Å². The molecule has 0 aliphatic rings. The van der Waals surface area contributed by atoms with Gasteiger partial charge < -0.3 is 28.6 Å². The smallest absolute Gasteiger partial charge is 0.259 e. The molecule has 0 aromatic heterocycles. The number of ether oxygens (including phenoxy) is 3. The molecule has 6 aromatic carbocycles. The Kier molecular flexibility index (Phi) is 16.2. The number of benzene rings is 6. The second-order valence-corrected chi connectivity index (χ2v) is 17.3. The Labute approximate surface area is 372 Å². The molecule has 0 saturated carbocycles. The molecule has 63 heavy (non-hydrogen) atoms. The summed E-state index contributed by atoms with van der Waals surface area (Å²) in [4.78, 5) is 15.0. The Hall–Kier alpha value is -5.99. The summed E-state index contributed by atoms with van der Waals surface area (Å²) in [6.45, 7) is 10.1. The highest BCUT2D eigenvalue weighted by Gasteiger charge is 2.44. The van der Waals surface area contributed by atoms with Crippen molar-refractivity contribution >= 4 is 42.3 Å². The van der Waals surface area contributed by atoms with Crippen molar-refractivity contribution in [3.8, 4) is 17.6 Å². The van der Waals surface area contributed by atoms with Gasteiger partial charge in [0.15, 0.2) is 0 Å². The van der Waals surface area contributed by atoms with Crippen LogP contribution in [0.4, 0.5) is 17.1 Å². The predicted octanol–water partition coefficient (Wildman–Crippen LogP) is 12.5. The third-order valence-electron chi connectivity index (χ3n) is 10.6. The molecule has 1 N–H and O–H groups in total. The van der Waals surface area contributed by atoms with Crippen molar-refractivity contribution < 1.29 is 28.1 Å². The summed E-state index contributed by atoms with van der Waals surface area (Å²) < 4.78 is 33.6.